The third kappa shape index (κ3) is 5.66. The van der Waals surface area contributed by atoms with Crippen LogP contribution in [0.25, 0.3) is 0 Å². The molecule has 2 rings (SSSR count). The Morgan fingerprint density at radius 3 is 0.892 bits per heavy atom. The van der Waals surface area contributed by atoms with Gasteiger partial charge in [0, 0.05) is 11.1 Å². The van der Waals surface area contributed by atoms with Gasteiger partial charge in [-0.2, -0.15) is 61.1 Å². The molecule has 0 unspecified atom stereocenters. The zero-order valence-corrected chi connectivity index (χ0v) is 18.1. The summed E-state index contributed by atoms with van der Waals surface area (Å²) < 4.78 is 182. The first-order chi connectivity index (χ1) is 16.4. The highest BCUT2D eigenvalue weighted by molar-refractivity contribution is 7.94. The SMILES string of the molecule is O=S(=O)(Nc1ccc(C(O)(C(F)(F)F)C(F)(F)F)cc1)Nc1ccc(C(O)(C(F)(F)F)C(F)(F)F)cc1. The summed E-state index contributed by atoms with van der Waals surface area (Å²) in [5, 5.41) is 18.6. The Morgan fingerprint density at radius 1 is 0.486 bits per heavy atom. The number of benzene rings is 2. The predicted octanol–water partition coefficient (Wildman–Crippen LogP) is 5.08. The highest BCUT2D eigenvalue weighted by atomic mass is 32.2. The van der Waals surface area contributed by atoms with E-state index in [1.54, 1.807) is 9.44 Å². The van der Waals surface area contributed by atoms with Crippen LogP contribution in [0.2, 0.25) is 0 Å². The van der Waals surface area contributed by atoms with E-state index in [0.29, 0.717) is 24.3 Å². The molecule has 0 radical (unpaired) electrons. The first-order valence-corrected chi connectivity index (χ1v) is 10.6. The molecule has 0 aliphatic heterocycles. The first-order valence-electron chi connectivity index (χ1n) is 9.10. The van der Waals surface area contributed by atoms with Crippen LogP contribution in [-0.4, -0.2) is 43.3 Å². The summed E-state index contributed by atoms with van der Waals surface area (Å²) in [5.41, 5.74) is -15.3. The van der Waals surface area contributed by atoms with Gasteiger partial charge in [-0.15, -0.1) is 0 Å². The van der Waals surface area contributed by atoms with E-state index in [1.165, 1.54) is 0 Å². The van der Waals surface area contributed by atoms with Gasteiger partial charge in [-0.05, 0) is 24.3 Å². The van der Waals surface area contributed by atoms with Crippen molar-refractivity contribution >= 4 is 21.6 Å². The van der Waals surface area contributed by atoms with Gasteiger partial charge in [0.05, 0.1) is 11.4 Å². The molecular formula is C18H12F12N2O4S. The van der Waals surface area contributed by atoms with Gasteiger partial charge < -0.3 is 10.2 Å². The Balaban J connectivity index is 2.28. The van der Waals surface area contributed by atoms with Crippen molar-refractivity contribution < 1.29 is 71.3 Å². The zero-order valence-electron chi connectivity index (χ0n) is 17.3. The molecule has 0 aromatic heterocycles. The molecule has 208 valence electrons. The fraction of sp³-hybridized carbons (Fsp3) is 0.333. The maximum absolute atomic E-state index is 12.9. The van der Waals surface area contributed by atoms with Gasteiger partial charge in [0.15, 0.2) is 0 Å². The lowest BCUT2D eigenvalue weighted by Gasteiger charge is -2.32. The number of hydrogen-bond donors (Lipinski definition) is 4. The van der Waals surface area contributed by atoms with Crippen LogP contribution < -0.4 is 9.44 Å². The van der Waals surface area contributed by atoms with Gasteiger partial charge >= 0.3 is 34.9 Å². The molecule has 19 heteroatoms. The molecule has 0 fully saturated rings. The minimum absolute atomic E-state index is 0.114. The number of hydrogen-bond acceptors (Lipinski definition) is 4. The van der Waals surface area contributed by atoms with Crippen LogP contribution in [0.15, 0.2) is 48.5 Å². The standard InChI is InChI=1S/C18H12F12N2O4S/c19-15(20,21)13(33,16(22,23)24)9-1-5-11(6-2-9)31-37(35,36)32-12-7-3-10(4-8-12)14(34,17(25,26)27)18(28,29)30/h1-8,31-34H. The highest BCUT2D eigenvalue weighted by Crippen LogP contribution is 2.51. The average molecular weight is 580 g/mol. The fourth-order valence-corrected chi connectivity index (χ4v) is 3.81. The lowest BCUT2D eigenvalue weighted by molar-refractivity contribution is -0.376. The monoisotopic (exact) mass is 580 g/mol. The van der Waals surface area contributed by atoms with E-state index in [2.05, 4.69) is 0 Å². The number of nitrogens with one attached hydrogen (secondary N) is 2. The van der Waals surface area contributed by atoms with E-state index in [-0.39, 0.29) is 24.3 Å². The summed E-state index contributed by atoms with van der Waals surface area (Å²) in [5.74, 6) is 0. The van der Waals surface area contributed by atoms with Gasteiger partial charge in [0.2, 0.25) is 0 Å². The van der Waals surface area contributed by atoms with Crippen molar-refractivity contribution in [3.8, 4) is 0 Å². The van der Waals surface area contributed by atoms with Crippen LogP contribution in [0.3, 0.4) is 0 Å². The second-order valence-corrected chi connectivity index (χ2v) is 8.69. The third-order valence-electron chi connectivity index (χ3n) is 4.75. The summed E-state index contributed by atoms with van der Waals surface area (Å²) in [6.07, 6.45) is -24.8. The van der Waals surface area contributed by atoms with Gasteiger partial charge in [-0.25, -0.2) is 0 Å². The molecule has 4 N–H and O–H groups in total. The van der Waals surface area contributed by atoms with E-state index < -0.39 is 68.6 Å². The molecule has 0 saturated carbocycles. The van der Waals surface area contributed by atoms with Gasteiger partial charge in [-0.1, -0.05) is 24.3 Å². The van der Waals surface area contributed by atoms with Crippen LogP contribution in [0.5, 0.6) is 0 Å². The Kier molecular flexibility index (Phi) is 7.47. The van der Waals surface area contributed by atoms with Crippen molar-refractivity contribution in [2.24, 2.45) is 0 Å². The second kappa shape index (κ2) is 9.12. The molecule has 0 atom stereocenters. The predicted molar refractivity (Wildman–Crippen MR) is 101 cm³/mol. The lowest BCUT2D eigenvalue weighted by atomic mass is 9.92. The number of rotatable bonds is 6. The van der Waals surface area contributed by atoms with Crippen LogP contribution in [0, 0.1) is 0 Å². The number of anilines is 2. The Morgan fingerprint density at radius 2 is 0.703 bits per heavy atom. The van der Waals surface area contributed by atoms with Crippen LogP contribution in [-0.2, 0) is 21.4 Å². The van der Waals surface area contributed by atoms with Gasteiger partial charge in [0.1, 0.15) is 0 Å². The van der Waals surface area contributed by atoms with E-state index in [0.717, 1.165) is 0 Å². The van der Waals surface area contributed by atoms with Gasteiger partial charge in [-0.3, -0.25) is 9.44 Å². The molecule has 6 nitrogen and oxygen atoms in total. The van der Waals surface area contributed by atoms with Gasteiger partial charge in [0.25, 0.3) is 11.2 Å². The van der Waals surface area contributed by atoms with Crippen molar-refractivity contribution in [1.82, 2.24) is 0 Å². The summed E-state index contributed by atoms with van der Waals surface area (Å²) >= 11 is 0. The molecular weight excluding hydrogens is 568 g/mol. The molecule has 0 saturated heterocycles. The quantitative estimate of drug-likeness (QED) is 0.359. The molecule has 2 aromatic carbocycles. The van der Waals surface area contributed by atoms with Crippen molar-refractivity contribution in [3.63, 3.8) is 0 Å². The molecule has 0 amide bonds. The topological polar surface area (TPSA) is 98.7 Å². The lowest BCUT2D eigenvalue weighted by Crippen LogP contribution is -2.53. The summed E-state index contributed by atoms with van der Waals surface area (Å²) in [6.45, 7) is 0. The van der Waals surface area contributed by atoms with Crippen LogP contribution in [0.4, 0.5) is 64.1 Å². The molecule has 37 heavy (non-hydrogen) atoms. The van der Waals surface area contributed by atoms with Crippen molar-refractivity contribution in [1.29, 1.82) is 0 Å². The van der Waals surface area contributed by atoms with E-state index in [4.69, 9.17) is 0 Å². The van der Waals surface area contributed by atoms with E-state index in [9.17, 15) is 71.3 Å². The normalized spacial score (nSPS) is 14.4. The largest absolute Gasteiger partial charge is 0.430 e. The summed E-state index contributed by atoms with van der Waals surface area (Å²) in [6, 6.07) is 2.09. The third-order valence-corrected chi connectivity index (χ3v) is 5.76. The molecule has 0 bridgehead atoms. The summed E-state index contributed by atoms with van der Waals surface area (Å²) in [7, 11) is -4.81. The smallest absolute Gasteiger partial charge is 0.369 e. The Bertz CT molecular complexity index is 1080. The van der Waals surface area contributed by atoms with E-state index >= 15 is 0 Å². The second-order valence-electron chi connectivity index (χ2n) is 7.27. The molecule has 0 spiro atoms. The van der Waals surface area contributed by atoms with Crippen molar-refractivity contribution in [3.05, 3.63) is 59.7 Å². The molecule has 0 aliphatic carbocycles. The summed E-state index contributed by atoms with van der Waals surface area (Å²) in [4.78, 5) is 0. The molecule has 2 aromatic rings. The number of halogens is 12. The molecule has 0 heterocycles. The number of aliphatic hydroxyl groups is 2. The maximum atomic E-state index is 12.9. The average Bonchev–Trinajstić information content (AvgIpc) is 2.69. The van der Waals surface area contributed by atoms with E-state index in [1.807, 2.05) is 0 Å². The zero-order chi connectivity index (χ0) is 28.9. The molecule has 0 aliphatic rings. The minimum Gasteiger partial charge on any atom is -0.369 e. The minimum atomic E-state index is -6.20. The number of alkyl halides is 12. The van der Waals surface area contributed by atoms with Crippen molar-refractivity contribution in [2.75, 3.05) is 9.44 Å². The highest BCUT2D eigenvalue weighted by Gasteiger charge is 2.72. The van der Waals surface area contributed by atoms with Crippen molar-refractivity contribution in [2.45, 2.75) is 35.9 Å². The Hall–Kier alpha value is -2.93. The first kappa shape index (κ1) is 30.3. The van der Waals surface area contributed by atoms with Crippen LogP contribution >= 0.6 is 0 Å². The fourth-order valence-electron chi connectivity index (χ4n) is 2.87. The Labute approximate surface area is 198 Å². The van der Waals surface area contributed by atoms with Crippen LogP contribution in [0.1, 0.15) is 11.1 Å². The maximum Gasteiger partial charge on any atom is 0.430 e.